The zero-order valence-electron chi connectivity index (χ0n) is 10.3. The van der Waals surface area contributed by atoms with Crippen molar-refractivity contribution in [1.82, 2.24) is 9.97 Å². The predicted octanol–water partition coefficient (Wildman–Crippen LogP) is 2.60. The normalized spacial score (nSPS) is 10.1. The van der Waals surface area contributed by atoms with Gasteiger partial charge in [-0.15, -0.1) is 0 Å². The number of rotatable bonds is 3. The first-order chi connectivity index (χ1) is 9.47. The van der Waals surface area contributed by atoms with Crippen molar-refractivity contribution in [3.8, 4) is 0 Å². The van der Waals surface area contributed by atoms with E-state index < -0.39 is 10.8 Å². The molecule has 0 bridgehead atoms. The van der Waals surface area contributed by atoms with Gasteiger partial charge in [-0.25, -0.2) is 9.97 Å². The van der Waals surface area contributed by atoms with E-state index in [1.165, 1.54) is 30.5 Å². The molecule has 0 fully saturated rings. The molecule has 0 saturated heterocycles. The number of nitrogens with zero attached hydrogens (tertiary/aromatic N) is 3. The van der Waals surface area contributed by atoms with Crippen LogP contribution in [0.2, 0.25) is 5.28 Å². The van der Waals surface area contributed by atoms with Crippen LogP contribution in [0.15, 0.2) is 30.5 Å². The molecule has 1 aromatic heterocycles. The van der Waals surface area contributed by atoms with Crippen molar-refractivity contribution in [3.63, 3.8) is 0 Å². The first kappa shape index (κ1) is 13.9. The molecule has 20 heavy (non-hydrogen) atoms. The van der Waals surface area contributed by atoms with Gasteiger partial charge in [0, 0.05) is 23.9 Å². The molecule has 0 aliphatic rings. The zero-order chi connectivity index (χ0) is 14.7. The molecular weight excluding hydrogens is 284 g/mol. The Morgan fingerprint density at radius 1 is 1.40 bits per heavy atom. The van der Waals surface area contributed by atoms with Gasteiger partial charge in [-0.05, 0) is 30.2 Å². The van der Waals surface area contributed by atoms with Crippen LogP contribution in [0.4, 0.5) is 11.5 Å². The van der Waals surface area contributed by atoms with Crippen molar-refractivity contribution >= 4 is 29.0 Å². The molecule has 0 atom stereocenters. The SMILES string of the molecule is Cc1ccc([N+](=O)[O-])cc1C(=O)Nc1ccnc(Cl)n1. The van der Waals surface area contributed by atoms with Crippen LogP contribution in [-0.2, 0) is 0 Å². The highest BCUT2D eigenvalue weighted by atomic mass is 35.5. The number of nitrogens with one attached hydrogen (secondary N) is 1. The summed E-state index contributed by atoms with van der Waals surface area (Å²) >= 11 is 5.61. The summed E-state index contributed by atoms with van der Waals surface area (Å²) in [7, 11) is 0. The number of non-ortho nitro benzene ring substituents is 1. The first-order valence-corrected chi connectivity index (χ1v) is 5.90. The van der Waals surface area contributed by atoms with Gasteiger partial charge in [-0.3, -0.25) is 14.9 Å². The smallest absolute Gasteiger partial charge is 0.270 e. The first-order valence-electron chi connectivity index (χ1n) is 5.52. The Hall–Kier alpha value is -2.54. The Morgan fingerprint density at radius 3 is 2.80 bits per heavy atom. The Kier molecular flexibility index (Phi) is 3.90. The van der Waals surface area contributed by atoms with Crippen molar-refractivity contribution in [1.29, 1.82) is 0 Å². The van der Waals surface area contributed by atoms with Gasteiger partial charge in [0.1, 0.15) is 5.82 Å². The van der Waals surface area contributed by atoms with Crippen LogP contribution in [-0.4, -0.2) is 20.8 Å². The summed E-state index contributed by atoms with van der Waals surface area (Å²) in [6.45, 7) is 1.69. The maximum atomic E-state index is 12.1. The molecule has 102 valence electrons. The molecule has 0 aliphatic heterocycles. The van der Waals surface area contributed by atoms with Gasteiger partial charge in [0.25, 0.3) is 11.6 Å². The minimum absolute atomic E-state index is 0.00133. The number of benzene rings is 1. The number of nitro groups is 1. The molecule has 0 aliphatic carbocycles. The summed E-state index contributed by atoms with van der Waals surface area (Å²) in [4.78, 5) is 29.8. The van der Waals surface area contributed by atoms with Crippen LogP contribution >= 0.6 is 11.6 Å². The van der Waals surface area contributed by atoms with E-state index in [1.54, 1.807) is 6.92 Å². The molecule has 1 aromatic carbocycles. The average molecular weight is 293 g/mol. The Labute approximate surface area is 118 Å². The Balaban J connectivity index is 2.29. The predicted molar refractivity (Wildman–Crippen MR) is 72.8 cm³/mol. The van der Waals surface area contributed by atoms with E-state index in [0.29, 0.717) is 5.56 Å². The summed E-state index contributed by atoms with van der Waals surface area (Å²) in [6, 6.07) is 5.54. The van der Waals surface area contributed by atoms with E-state index >= 15 is 0 Å². The number of carbonyl (C=O) groups is 1. The van der Waals surface area contributed by atoms with E-state index in [-0.39, 0.29) is 22.4 Å². The summed E-state index contributed by atoms with van der Waals surface area (Å²) in [5, 5.41) is 13.2. The van der Waals surface area contributed by atoms with Crippen molar-refractivity contribution in [2.45, 2.75) is 6.92 Å². The lowest BCUT2D eigenvalue weighted by Gasteiger charge is -2.06. The molecule has 0 saturated carbocycles. The minimum Gasteiger partial charge on any atom is -0.306 e. The largest absolute Gasteiger partial charge is 0.306 e. The number of amides is 1. The molecule has 1 amide bonds. The van der Waals surface area contributed by atoms with Gasteiger partial charge >= 0.3 is 0 Å². The molecular formula is C12H9ClN4O3. The molecule has 0 spiro atoms. The fourth-order valence-corrected chi connectivity index (χ4v) is 1.70. The fraction of sp³-hybridized carbons (Fsp3) is 0.0833. The lowest BCUT2D eigenvalue weighted by molar-refractivity contribution is -0.384. The lowest BCUT2D eigenvalue weighted by Crippen LogP contribution is -2.14. The molecule has 0 unspecified atom stereocenters. The number of nitro benzene ring substituents is 1. The van der Waals surface area contributed by atoms with Crippen LogP contribution in [0.25, 0.3) is 0 Å². The zero-order valence-corrected chi connectivity index (χ0v) is 11.1. The van der Waals surface area contributed by atoms with E-state index in [0.717, 1.165) is 0 Å². The van der Waals surface area contributed by atoms with Crippen molar-refractivity contribution < 1.29 is 9.72 Å². The maximum absolute atomic E-state index is 12.1. The van der Waals surface area contributed by atoms with Crippen molar-refractivity contribution in [3.05, 3.63) is 57.0 Å². The van der Waals surface area contributed by atoms with Gasteiger partial charge in [0.05, 0.1) is 4.92 Å². The number of hydrogen-bond acceptors (Lipinski definition) is 5. The third-order valence-corrected chi connectivity index (χ3v) is 2.73. The van der Waals surface area contributed by atoms with E-state index in [1.807, 2.05) is 0 Å². The average Bonchev–Trinajstić information content (AvgIpc) is 2.38. The fourth-order valence-electron chi connectivity index (χ4n) is 1.56. The van der Waals surface area contributed by atoms with E-state index in [9.17, 15) is 14.9 Å². The number of carbonyl (C=O) groups excluding carboxylic acids is 1. The summed E-state index contributed by atoms with van der Waals surface area (Å²) < 4.78 is 0. The summed E-state index contributed by atoms with van der Waals surface area (Å²) in [6.07, 6.45) is 1.39. The van der Waals surface area contributed by atoms with Gasteiger partial charge in [-0.2, -0.15) is 0 Å². The highest BCUT2D eigenvalue weighted by Gasteiger charge is 2.15. The molecule has 0 radical (unpaired) electrons. The van der Waals surface area contributed by atoms with Crippen LogP contribution in [0.3, 0.4) is 0 Å². The Bertz CT molecular complexity index is 690. The molecule has 7 nitrogen and oxygen atoms in total. The Morgan fingerprint density at radius 2 is 2.15 bits per heavy atom. The minimum atomic E-state index is -0.558. The second-order valence-electron chi connectivity index (χ2n) is 3.92. The molecule has 8 heteroatoms. The van der Waals surface area contributed by atoms with Gasteiger partial charge in [0.2, 0.25) is 5.28 Å². The number of aromatic nitrogens is 2. The molecule has 2 rings (SSSR count). The number of hydrogen-bond donors (Lipinski definition) is 1. The van der Waals surface area contributed by atoms with Crippen LogP contribution in [0, 0.1) is 17.0 Å². The van der Waals surface area contributed by atoms with Crippen molar-refractivity contribution in [2.24, 2.45) is 0 Å². The number of halogens is 1. The monoisotopic (exact) mass is 292 g/mol. The number of anilines is 1. The van der Waals surface area contributed by atoms with Crippen LogP contribution in [0.1, 0.15) is 15.9 Å². The van der Waals surface area contributed by atoms with Crippen molar-refractivity contribution in [2.75, 3.05) is 5.32 Å². The maximum Gasteiger partial charge on any atom is 0.270 e. The van der Waals surface area contributed by atoms with Gasteiger partial charge in [-0.1, -0.05) is 6.07 Å². The van der Waals surface area contributed by atoms with E-state index in [4.69, 9.17) is 11.6 Å². The van der Waals surface area contributed by atoms with Gasteiger partial charge in [0.15, 0.2) is 0 Å². The van der Waals surface area contributed by atoms with E-state index in [2.05, 4.69) is 15.3 Å². The second-order valence-corrected chi connectivity index (χ2v) is 4.26. The quantitative estimate of drug-likeness (QED) is 0.532. The van der Waals surface area contributed by atoms with Gasteiger partial charge < -0.3 is 5.32 Å². The summed E-state index contributed by atoms with van der Waals surface area (Å²) in [5.41, 5.74) is 0.670. The van der Waals surface area contributed by atoms with Crippen LogP contribution < -0.4 is 5.32 Å². The number of aryl methyl sites for hydroxylation is 1. The summed E-state index contributed by atoms with van der Waals surface area (Å²) in [5.74, 6) is -0.276. The topological polar surface area (TPSA) is 98.0 Å². The lowest BCUT2D eigenvalue weighted by atomic mass is 10.1. The van der Waals surface area contributed by atoms with Crippen LogP contribution in [0.5, 0.6) is 0 Å². The molecule has 1 N–H and O–H groups in total. The molecule has 1 heterocycles. The third kappa shape index (κ3) is 3.07. The second kappa shape index (κ2) is 5.62. The standard InChI is InChI=1S/C12H9ClN4O3/c1-7-2-3-8(17(19)20)6-9(7)11(18)15-10-4-5-14-12(13)16-10/h2-6H,1H3,(H,14,15,16,18). The highest BCUT2D eigenvalue weighted by Crippen LogP contribution is 2.18. The molecule has 2 aromatic rings. The third-order valence-electron chi connectivity index (χ3n) is 2.54. The highest BCUT2D eigenvalue weighted by molar-refractivity contribution is 6.28.